The Hall–Kier alpha value is 0.545. The fourth-order valence-electron chi connectivity index (χ4n) is 1.08. The van der Waals surface area contributed by atoms with E-state index in [9.17, 15) is 0 Å². The summed E-state index contributed by atoms with van der Waals surface area (Å²) in [6.07, 6.45) is 0.986. The third-order valence-electron chi connectivity index (χ3n) is 0.876. The summed E-state index contributed by atoms with van der Waals surface area (Å²) in [5.74, 6) is 0. The Morgan fingerprint density at radius 1 is 1.22 bits per heavy atom. The fraction of sp³-hybridized carbons (Fsp3) is 1.00. The molecule has 52 valence electrons. The van der Waals surface area contributed by atoms with E-state index in [1.54, 1.807) is 0 Å². The maximum absolute atomic E-state index is 5.79. The Morgan fingerprint density at radius 3 is 1.56 bits per heavy atom. The minimum Gasteiger partial charge on any atom is -0.0859 e. The maximum Gasteiger partial charge on any atom is 0.0739 e. The van der Waals surface area contributed by atoms with Crippen LogP contribution in [0.5, 0.6) is 0 Å². The molecule has 0 atom stereocenters. The molecule has 0 heterocycles. The van der Waals surface area contributed by atoms with Crippen LogP contribution in [0.4, 0.5) is 0 Å². The van der Waals surface area contributed by atoms with Gasteiger partial charge in [-0.15, -0.1) is 0 Å². The molecule has 0 aliphatic heterocycles. The van der Waals surface area contributed by atoms with Crippen molar-refractivity contribution in [2.45, 2.75) is 43.8 Å². The highest BCUT2D eigenvalue weighted by Crippen LogP contribution is 2.35. The second kappa shape index (κ2) is 2.65. The zero-order valence-electron chi connectivity index (χ0n) is 6.66. The van der Waals surface area contributed by atoms with Gasteiger partial charge in [0.05, 0.1) is 7.85 Å². The predicted octanol–water partition coefficient (Wildman–Crippen LogP) is 2.92. The fourth-order valence-corrected chi connectivity index (χ4v) is 1.81. The van der Waals surface area contributed by atoms with E-state index in [1.165, 1.54) is 0 Å². The highest BCUT2D eigenvalue weighted by Gasteiger charge is 2.21. The normalized spacial score (nSPS) is 13.9. The van der Waals surface area contributed by atoms with E-state index in [1.807, 2.05) is 13.8 Å². The van der Waals surface area contributed by atoms with Crippen molar-refractivity contribution in [1.29, 1.82) is 0 Å². The maximum atomic E-state index is 5.79. The zero-order valence-corrected chi connectivity index (χ0v) is 8.25. The van der Waals surface area contributed by atoms with Crippen LogP contribution in [0.2, 0.25) is 5.31 Å². The van der Waals surface area contributed by atoms with E-state index >= 15 is 0 Å². The molecule has 0 nitrogen and oxygen atoms in total. The minimum atomic E-state index is -0.0625. The summed E-state index contributed by atoms with van der Waals surface area (Å²) in [6.45, 7) is 8.33. The summed E-state index contributed by atoms with van der Waals surface area (Å²) < 4.78 is 0.172. The molecule has 0 fully saturated rings. The van der Waals surface area contributed by atoms with Crippen LogP contribution in [-0.2, 0) is 0 Å². The van der Waals surface area contributed by atoms with Gasteiger partial charge in [-0.05, 0) is 6.42 Å². The van der Waals surface area contributed by atoms with Crippen LogP contribution in [0.25, 0.3) is 0 Å². The molecule has 0 spiro atoms. The van der Waals surface area contributed by atoms with E-state index in [0.29, 0.717) is 0 Å². The van der Waals surface area contributed by atoms with Crippen molar-refractivity contribution in [2.24, 2.45) is 0 Å². The van der Waals surface area contributed by atoms with Gasteiger partial charge in [0.25, 0.3) is 0 Å². The van der Waals surface area contributed by atoms with Crippen molar-refractivity contribution < 1.29 is 0 Å². The predicted molar refractivity (Wildman–Crippen MR) is 47.4 cm³/mol. The van der Waals surface area contributed by atoms with Crippen molar-refractivity contribution >= 4 is 23.8 Å². The Morgan fingerprint density at radius 2 is 1.56 bits per heavy atom. The summed E-state index contributed by atoms with van der Waals surface area (Å²) in [4.78, 5) is 0. The summed E-state index contributed by atoms with van der Waals surface area (Å²) in [5, 5.41) is -0.0625. The molecule has 0 aromatic rings. The zero-order chi connectivity index (χ0) is 7.71. The van der Waals surface area contributed by atoms with E-state index < -0.39 is 0 Å². The molecule has 0 aromatic carbocycles. The Labute approximate surface area is 67.9 Å². The molecule has 0 N–H and O–H groups in total. The highest BCUT2D eigenvalue weighted by molar-refractivity contribution is 9.10. The highest BCUT2D eigenvalue weighted by atomic mass is 79.9. The first-order valence-electron chi connectivity index (χ1n) is 3.18. The Kier molecular flexibility index (Phi) is 2.81. The number of hydrogen-bond acceptors (Lipinski definition) is 0. The molecule has 2 radical (unpaired) electrons. The van der Waals surface area contributed by atoms with Gasteiger partial charge in [0.2, 0.25) is 0 Å². The molecule has 0 saturated carbocycles. The van der Waals surface area contributed by atoms with Crippen molar-refractivity contribution in [1.82, 2.24) is 0 Å². The molecule has 0 bridgehead atoms. The van der Waals surface area contributed by atoms with Gasteiger partial charge in [-0.1, -0.05) is 48.9 Å². The van der Waals surface area contributed by atoms with Crippen LogP contribution >= 0.6 is 15.9 Å². The quantitative estimate of drug-likeness (QED) is 0.462. The third kappa shape index (κ3) is 8.54. The van der Waals surface area contributed by atoms with E-state index in [-0.39, 0.29) is 9.64 Å². The van der Waals surface area contributed by atoms with Gasteiger partial charge in [0, 0.05) is 4.32 Å². The lowest BCUT2D eigenvalue weighted by molar-refractivity contribution is 0.530. The lowest BCUT2D eigenvalue weighted by Gasteiger charge is -2.27. The lowest BCUT2D eigenvalue weighted by atomic mass is 9.68. The van der Waals surface area contributed by atoms with E-state index in [0.717, 1.165) is 6.42 Å². The van der Waals surface area contributed by atoms with E-state index in [4.69, 9.17) is 7.85 Å². The van der Waals surface area contributed by atoms with Crippen LogP contribution in [-0.4, -0.2) is 12.2 Å². The van der Waals surface area contributed by atoms with Crippen molar-refractivity contribution in [3.8, 4) is 0 Å². The van der Waals surface area contributed by atoms with Gasteiger partial charge < -0.3 is 0 Å². The molecule has 0 aromatic heterocycles. The van der Waals surface area contributed by atoms with Gasteiger partial charge >= 0.3 is 0 Å². The number of halogens is 1. The van der Waals surface area contributed by atoms with Crippen molar-refractivity contribution in [3.05, 3.63) is 0 Å². The van der Waals surface area contributed by atoms with Crippen LogP contribution in [0.15, 0.2) is 0 Å². The van der Waals surface area contributed by atoms with Gasteiger partial charge in [0.15, 0.2) is 0 Å². The van der Waals surface area contributed by atoms with Crippen molar-refractivity contribution in [2.75, 3.05) is 0 Å². The molecule has 0 aliphatic rings. The van der Waals surface area contributed by atoms with Crippen LogP contribution in [0.3, 0.4) is 0 Å². The average molecular weight is 189 g/mol. The Balaban J connectivity index is 3.75. The summed E-state index contributed by atoms with van der Waals surface area (Å²) in [7, 11) is 5.79. The van der Waals surface area contributed by atoms with E-state index in [2.05, 4.69) is 29.8 Å². The topological polar surface area (TPSA) is 0 Å². The summed E-state index contributed by atoms with van der Waals surface area (Å²) in [6, 6.07) is 0. The molecular weight excluding hydrogens is 175 g/mol. The summed E-state index contributed by atoms with van der Waals surface area (Å²) in [5.41, 5.74) is 0. The first-order valence-corrected chi connectivity index (χ1v) is 3.98. The van der Waals surface area contributed by atoms with Crippen LogP contribution < -0.4 is 0 Å². The molecule has 9 heavy (non-hydrogen) atoms. The molecule has 0 saturated heterocycles. The monoisotopic (exact) mass is 188 g/mol. The lowest BCUT2D eigenvalue weighted by Crippen LogP contribution is -2.17. The molecule has 0 amide bonds. The molecule has 2 heteroatoms. The average Bonchev–Trinajstić information content (AvgIpc) is 1.14. The molecule has 0 rings (SSSR count). The van der Waals surface area contributed by atoms with Crippen molar-refractivity contribution in [3.63, 3.8) is 0 Å². The standard InChI is InChI=1S/C7H14BBr/c1-6(2,8)5-7(3,4)9/h5H2,1-4H3. The van der Waals surface area contributed by atoms with Gasteiger partial charge in [-0.3, -0.25) is 0 Å². The number of alkyl halides is 1. The number of rotatable bonds is 2. The van der Waals surface area contributed by atoms with Gasteiger partial charge in [-0.2, -0.15) is 0 Å². The Bertz CT molecular complexity index is 74.1. The first kappa shape index (κ1) is 9.54. The minimum absolute atomic E-state index is 0.0625. The largest absolute Gasteiger partial charge is 0.0859 e. The third-order valence-corrected chi connectivity index (χ3v) is 1.16. The SMILES string of the molecule is [B]C(C)(C)CC(C)(C)Br. The molecule has 0 aliphatic carbocycles. The van der Waals surface area contributed by atoms with Crippen LogP contribution in [0.1, 0.15) is 34.1 Å². The number of hydrogen-bond donors (Lipinski definition) is 0. The molecule has 0 unspecified atom stereocenters. The smallest absolute Gasteiger partial charge is 0.0739 e. The van der Waals surface area contributed by atoms with Crippen LogP contribution in [0, 0.1) is 0 Å². The first-order chi connectivity index (χ1) is 3.71. The molecular formula is C7H14BBr. The summed E-state index contributed by atoms with van der Waals surface area (Å²) >= 11 is 3.53. The van der Waals surface area contributed by atoms with Gasteiger partial charge in [-0.25, -0.2) is 0 Å². The second-order valence-corrected chi connectivity index (χ2v) is 6.03. The second-order valence-electron chi connectivity index (χ2n) is 3.88. The van der Waals surface area contributed by atoms with Gasteiger partial charge in [0.1, 0.15) is 0 Å².